The summed E-state index contributed by atoms with van der Waals surface area (Å²) in [7, 11) is 0. The molecule has 3 rings (SSSR count). The fraction of sp³-hybridized carbons (Fsp3) is 0.111. The van der Waals surface area contributed by atoms with Crippen LogP contribution in [-0.2, 0) is 0 Å². The van der Waals surface area contributed by atoms with Gasteiger partial charge in [-0.2, -0.15) is 5.26 Å². The third-order valence-corrected chi connectivity index (χ3v) is 3.55. The number of fused-ring (bicyclic) bond motifs is 1. The molecule has 0 aliphatic carbocycles. The molecular weight excluding hydrogens is 244 g/mol. The van der Waals surface area contributed by atoms with E-state index in [1.807, 2.05) is 19.1 Å². The third kappa shape index (κ3) is 1.94. The number of aromatic nitrogens is 1. The summed E-state index contributed by atoms with van der Waals surface area (Å²) in [5.41, 5.74) is 4.55. The van der Waals surface area contributed by atoms with Gasteiger partial charge in [0, 0.05) is 16.6 Å². The van der Waals surface area contributed by atoms with Crippen molar-refractivity contribution in [3.63, 3.8) is 0 Å². The highest BCUT2D eigenvalue weighted by Crippen LogP contribution is 2.32. The summed E-state index contributed by atoms with van der Waals surface area (Å²) >= 11 is 0. The van der Waals surface area contributed by atoms with Gasteiger partial charge in [0.25, 0.3) is 0 Å². The van der Waals surface area contributed by atoms with Crippen molar-refractivity contribution in [3.05, 3.63) is 65.5 Å². The minimum Gasteiger partial charge on any atom is -0.241 e. The van der Waals surface area contributed by atoms with Crippen molar-refractivity contribution in [1.29, 1.82) is 5.26 Å². The number of pyridine rings is 1. The first-order chi connectivity index (χ1) is 9.70. The van der Waals surface area contributed by atoms with E-state index in [0.717, 1.165) is 27.6 Å². The van der Waals surface area contributed by atoms with Gasteiger partial charge < -0.3 is 0 Å². The second-order valence-corrected chi connectivity index (χ2v) is 4.94. The Bertz CT molecular complexity index is 824. The zero-order chi connectivity index (χ0) is 14.1. The minimum absolute atomic E-state index is 0.491. The van der Waals surface area contributed by atoms with Gasteiger partial charge in [-0.3, -0.25) is 0 Å². The molecule has 20 heavy (non-hydrogen) atoms. The van der Waals surface area contributed by atoms with Gasteiger partial charge in [-0.15, -0.1) is 0 Å². The van der Waals surface area contributed by atoms with Gasteiger partial charge >= 0.3 is 0 Å². The van der Waals surface area contributed by atoms with Crippen molar-refractivity contribution in [2.75, 3.05) is 0 Å². The summed E-state index contributed by atoms with van der Waals surface area (Å²) < 4.78 is 0. The van der Waals surface area contributed by atoms with Crippen LogP contribution in [0.25, 0.3) is 21.9 Å². The lowest BCUT2D eigenvalue weighted by atomic mass is 9.96. The van der Waals surface area contributed by atoms with Crippen LogP contribution in [0.2, 0.25) is 0 Å². The highest BCUT2D eigenvalue weighted by Gasteiger charge is 2.13. The van der Waals surface area contributed by atoms with Gasteiger partial charge in [-0.1, -0.05) is 54.1 Å². The Morgan fingerprint density at radius 3 is 2.20 bits per heavy atom. The summed E-state index contributed by atoms with van der Waals surface area (Å²) in [5.74, 6) is 0. The first-order valence-corrected chi connectivity index (χ1v) is 6.57. The second-order valence-electron chi connectivity index (χ2n) is 4.94. The fourth-order valence-electron chi connectivity index (χ4n) is 2.52. The molecule has 0 atom stereocenters. The van der Waals surface area contributed by atoms with E-state index in [9.17, 15) is 5.26 Å². The average Bonchev–Trinajstić information content (AvgIpc) is 2.48. The van der Waals surface area contributed by atoms with Crippen LogP contribution in [-0.4, -0.2) is 4.98 Å². The molecule has 0 aliphatic rings. The Morgan fingerprint density at radius 1 is 0.900 bits per heavy atom. The molecule has 1 heterocycles. The van der Waals surface area contributed by atoms with E-state index in [1.54, 1.807) is 0 Å². The van der Waals surface area contributed by atoms with Gasteiger partial charge in [0.15, 0.2) is 0 Å². The molecule has 0 bridgehead atoms. The summed E-state index contributed by atoms with van der Waals surface area (Å²) in [6.45, 7) is 4.00. The molecular formula is C18H14N2. The summed E-state index contributed by atoms with van der Waals surface area (Å²) in [4.78, 5) is 4.46. The molecule has 3 aromatic rings. The average molecular weight is 258 g/mol. The quantitative estimate of drug-likeness (QED) is 0.649. The lowest BCUT2D eigenvalue weighted by Gasteiger charge is -2.11. The molecule has 0 saturated heterocycles. The van der Waals surface area contributed by atoms with Crippen molar-refractivity contribution in [1.82, 2.24) is 4.98 Å². The van der Waals surface area contributed by atoms with Gasteiger partial charge in [0.2, 0.25) is 0 Å². The highest BCUT2D eigenvalue weighted by molar-refractivity contribution is 5.99. The van der Waals surface area contributed by atoms with Crippen molar-refractivity contribution < 1.29 is 0 Å². The molecule has 0 saturated carbocycles. The third-order valence-electron chi connectivity index (χ3n) is 3.55. The SMILES string of the molecule is Cc1ccc(-c2c(C#N)nc(C)c3ccccc23)cc1. The number of rotatable bonds is 1. The summed E-state index contributed by atoms with van der Waals surface area (Å²) in [5, 5.41) is 11.6. The van der Waals surface area contributed by atoms with E-state index < -0.39 is 0 Å². The van der Waals surface area contributed by atoms with E-state index in [-0.39, 0.29) is 0 Å². The number of aryl methyl sites for hydroxylation is 2. The topological polar surface area (TPSA) is 36.7 Å². The van der Waals surface area contributed by atoms with Crippen molar-refractivity contribution in [3.8, 4) is 17.2 Å². The van der Waals surface area contributed by atoms with Crippen LogP contribution in [0.3, 0.4) is 0 Å². The molecule has 0 N–H and O–H groups in total. The smallest absolute Gasteiger partial charge is 0.149 e. The zero-order valence-corrected chi connectivity index (χ0v) is 11.5. The van der Waals surface area contributed by atoms with Crippen molar-refractivity contribution >= 4 is 10.8 Å². The van der Waals surface area contributed by atoms with E-state index in [2.05, 4.69) is 54.4 Å². The Hall–Kier alpha value is -2.66. The summed E-state index contributed by atoms with van der Waals surface area (Å²) in [6.07, 6.45) is 0. The molecule has 2 nitrogen and oxygen atoms in total. The molecule has 1 aromatic heterocycles. The zero-order valence-electron chi connectivity index (χ0n) is 11.5. The predicted molar refractivity (Wildman–Crippen MR) is 81.4 cm³/mol. The molecule has 0 aliphatic heterocycles. The molecule has 2 aromatic carbocycles. The monoisotopic (exact) mass is 258 g/mol. The van der Waals surface area contributed by atoms with Crippen molar-refractivity contribution in [2.24, 2.45) is 0 Å². The normalized spacial score (nSPS) is 10.4. The van der Waals surface area contributed by atoms with Crippen LogP contribution in [0.1, 0.15) is 17.0 Å². The standard InChI is InChI=1S/C18H14N2/c1-12-7-9-14(10-8-12)18-16-6-4-3-5-15(16)13(2)20-17(18)11-19/h3-10H,1-2H3. The minimum atomic E-state index is 0.491. The number of benzene rings is 2. The van der Waals surface area contributed by atoms with Crippen LogP contribution in [0, 0.1) is 25.2 Å². The highest BCUT2D eigenvalue weighted by atomic mass is 14.7. The van der Waals surface area contributed by atoms with Crippen molar-refractivity contribution in [2.45, 2.75) is 13.8 Å². The molecule has 0 spiro atoms. The molecule has 0 amide bonds. The van der Waals surface area contributed by atoms with Gasteiger partial charge in [-0.05, 0) is 24.8 Å². The molecule has 96 valence electrons. The van der Waals surface area contributed by atoms with Crippen LogP contribution in [0.5, 0.6) is 0 Å². The molecule has 0 fully saturated rings. The van der Waals surface area contributed by atoms with E-state index in [0.29, 0.717) is 5.69 Å². The maximum Gasteiger partial charge on any atom is 0.149 e. The van der Waals surface area contributed by atoms with E-state index in [4.69, 9.17) is 0 Å². The Morgan fingerprint density at radius 2 is 1.55 bits per heavy atom. The predicted octanol–water partition coefficient (Wildman–Crippen LogP) is 4.39. The maximum atomic E-state index is 9.41. The van der Waals surface area contributed by atoms with Crippen LogP contribution < -0.4 is 0 Å². The number of nitrogens with zero attached hydrogens (tertiary/aromatic N) is 2. The fourth-order valence-corrected chi connectivity index (χ4v) is 2.52. The largest absolute Gasteiger partial charge is 0.241 e. The first kappa shape index (κ1) is 12.4. The van der Waals surface area contributed by atoms with Gasteiger partial charge in [0.05, 0.1) is 0 Å². The Balaban J connectivity index is 2.42. The van der Waals surface area contributed by atoms with E-state index in [1.165, 1.54) is 5.56 Å². The summed E-state index contributed by atoms with van der Waals surface area (Å²) in [6, 6.07) is 18.6. The molecule has 2 heteroatoms. The van der Waals surface area contributed by atoms with Gasteiger partial charge in [-0.25, -0.2) is 4.98 Å². The first-order valence-electron chi connectivity index (χ1n) is 6.57. The molecule has 0 radical (unpaired) electrons. The Labute approximate surface area is 118 Å². The number of hydrogen-bond acceptors (Lipinski definition) is 2. The molecule has 0 unspecified atom stereocenters. The second kappa shape index (κ2) is 4.79. The maximum absolute atomic E-state index is 9.41. The van der Waals surface area contributed by atoms with E-state index >= 15 is 0 Å². The van der Waals surface area contributed by atoms with Crippen LogP contribution in [0.15, 0.2) is 48.5 Å². The number of hydrogen-bond donors (Lipinski definition) is 0. The lowest BCUT2D eigenvalue weighted by Crippen LogP contribution is -1.95. The van der Waals surface area contributed by atoms with Gasteiger partial charge in [0.1, 0.15) is 11.8 Å². The Kier molecular flexibility index (Phi) is 2.96. The number of nitriles is 1. The lowest BCUT2D eigenvalue weighted by molar-refractivity contribution is 1.20. The van der Waals surface area contributed by atoms with Crippen LogP contribution >= 0.6 is 0 Å². The van der Waals surface area contributed by atoms with Crippen LogP contribution in [0.4, 0.5) is 0 Å².